The Morgan fingerprint density at radius 1 is 1.43 bits per heavy atom. The van der Waals surface area contributed by atoms with Gasteiger partial charge < -0.3 is 9.40 Å². The molecule has 112 valence electrons. The van der Waals surface area contributed by atoms with Gasteiger partial charge in [0.05, 0.1) is 18.5 Å². The average Bonchev–Trinajstić information content (AvgIpc) is 2.90. The monoisotopic (exact) mass is 299 g/mol. The summed E-state index contributed by atoms with van der Waals surface area (Å²) in [7, 11) is 0. The molecule has 0 fully saturated rings. The molecular formula is C13H12F3N3O2. The van der Waals surface area contributed by atoms with Gasteiger partial charge in [-0.3, -0.25) is 9.69 Å². The van der Waals surface area contributed by atoms with Crippen molar-refractivity contribution < 1.29 is 17.6 Å². The molecule has 5 nitrogen and oxygen atoms in total. The van der Waals surface area contributed by atoms with Crippen molar-refractivity contribution in [3.05, 3.63) is 51.6 Å². The molecule has 2 aromatic heterocycles. The maximum Gasteiger partial charge on any atom is 0.449 e. The molecular weight excluding hydrogens is 287 g/mol. The zero-order chi connectivity index (χ0) is 15.0. The Balaban J connectivity index is 1.87. The molecule has 1 aliphatic rings. The molecule has 21 heavy (non-hydrogen) atoms. The Bertz CT molecular complexity index is 692. The van der Waals surface area contributed by atoms with Gasteiger partial charge in [0.2, 0.25) is 5.82 Å². The van der Waals surface area contributed by atoms with E-state index in [4.69, 9.17) is 4.42 Å². The third-order valence-corrected chi connectivity index (χ3v) is 3.38. The number of nitrogens with one attached hydrogen (secondary N) is 1. The van der Waals surface area contributed by atoms with Crippen LogP contribution in [-0.4, -0.2) is 21.4 Å². The standard InChI is InChI=1S/C13H12F3N3O2/c14-13(15,16)12-17-10-7-19(6-8-2-1-5-21-8)4-3-9(10)11(20)18-12/h1-2,5H,3-4,6-7H2,(H,17,18,20). The fraction of sp³-hybridized carbons (Fsp3) is 0.385. The van der Waals surface area contributed by atoms with Crippen LogP contribution in [0.25, 0.3) is 0 Å². The van der Waals surface area contributed by atoms with Crippen LogP contribution in [-0.2, 0) is 25.7 Å². The first-order valence-electron chi connectivity index (χ1n) is 6.37. The number of halogens is 3. The summed E-state index contributed by atoms with van der Waals surface area (Å²) in [6, 6.07) is 3.54. The quantitative estimate of drug-likeness (QED) is 0.920. The summed E-state index contributed by atoms with van der Waals surface area (Å²) in [6.45, 7) is 1.25. The number of H-pyrrole nitrogens is 1. The number of aromatic amines is 1. The highest BCUT2D eigenvalue weighted by atomic mass is 19.4. The van der Waals surface area contributed by atoms with Crippen LogP contribution in [0.4, 0.5) is 13.2 Å². The van der Waals surface area contributed by atoms with Crippen molar-refractivity contribution in [2.24, 2.45) is 0 Å². The lowest BCUT2D eigenvalue weighted by atomic mass is 10.1. The van der Waals surface area contributed by atoms with Crippen LogP contribution in [0.3, 0.4) is 0 Å². The van der Waals surface area contributed by atoms with E-state index in [-0.39, 0.29) is 12.2 Å². The number of fused-ring (bicyclic) bond motifs is 1. The Kier molecular flexibility index (Phi) is 3.32. The molecule has 0 aromatic carbocycles. The normalized spacial score (nSPS) is 16.0. The predicted molar refractivity (Wildman–Crippen MR) is 66.4 cm³/mol. The van der Waals surface area contributed by atoms with Crippen molar-refractivity contribution in [1.82, 2.24) is 14.9 Å². The molecule has 0 unspecified atom stereocenters. The van der Waals surface area contributed by atoms with Gasteiger partial charge in [-0.2, -0.15) is 13.2 Å². The zero-order valence-electron chi connectivity index (χ0n) is 10.9. The maximum absolute atomic E-state index is 12.7. The van der Waals surface area contributed by atoms with E-state index in [1.54, 1.807) is 12.1 Å². The summed E-state index contributed by atoms with van der Waals surface area (Å²) in [5.74, 6) is -0.523. The highest BCUT2D eigenvalue weighted by Gasteiger charge is 2.36. The molecule has 0 spiro atoms. The van der Waals surface area contributed by atoms with Crippen molar-refractivity contribution in [2.75, 3.05) is 6.54 Å². The summed E-state index contributed by atoms with van der Waals surface area (Å²) in [6.07, 6.45) is -2.74. The summed E-state index contributed by atoms with van der Waals surface area (Å²) >= 11 is 0. The van der Waals surface area contributed by atoms with Gasteiger partial charge >= 0.3 is 6.18 Å². The molecule has 1 aliphatic heterocycles. The highest BCUT2D eigenvalue weighted by molar-refractivity contribution is 5.21. The lowest BCUT2D eigenvalue weighted by molar-refractivity contribution is -0.145. The zero-order valence-corrected chi connectivity index (χ0v) is 10.9. The van der Waals surface area contributed by atoms with Gasteiger partial charge in [-0.05, 0) is 18.6 Å². The predicted octanol–water partition coefficient (Wildman–Crippen LogP) is 1.94. The minimum Gasteiger partial charge on any atom is -0.468 e. The third-order valence-electron chi connectivity index (χ3n) is 3.38. The summed E-state index contributed by atoms with van der Waals surface area (Å²) in [4.78, 5) is 19.0. The summed E-state index contributed by atoms with van der Waals surface area (Å²) in [5, 5.41) is 0. The van der Waals surface area contributed by atoms with Gasteiger partial charge in [-0.25, -0.2) is 4.98 Å². The van der Waals surface area contributed by atoms with Crippen LogP contribution in [0, 0.1) is 0 Å². The second-order valence-corrected chi connectivity index (χ2v) is 4.88. The molecule has 8 heteroatoms. The van der Waals surface area contributed by atoms with Crippen molar-refractivity contribution in [3.63, 3.8) is 0 Å². The molecule has 3 rings (SSSR count). The molecule has 0 radical (unpaired) electrons. The summed E-state index contributed by atoms with van der Waals surface area (Å²) in [5.41, 5.74) is -0.187. The lowest BCUT2D eigenvalue weighted by Crippen LogP contribution is -2.36. The van der Waals surface area contributed by atoms with Gasteiger partial charge in [-0.1, -0.05) is 0 Å². The van der Waals surface area contributed by atoms with E-state index >= 15 is 0 Å². The number of rotatable bonds is 2. The van der Waals surface area contributed by atoms with E-state index in [0.717, 1.165) is 5.76 Å². The largest absolute Gasteiger partial charge is 0.468 e. The van der Waals surface area contributed by atoms with E-state index in [2.05, 4.69) is 4.98 Å². The molecule has 2 aromatic rings. The van der Waals surface area contributed by atoms with Gasteiger partial charge in [0.25, 0.3) is 5.56 Å². The first-order chi connectivity index (χ1) is 9.93. The Morgan fingerprint density at radius 2 is 2.24 bits per heavy atom. The molecule has 0 atom stereocenters. The topological polar surface area (TPSA) is 62.1 Å². The van der Waals surface area contributed by atoms with E-state index in [0.29, 0.717) is 25.1 Å². The maximum atomic E-state index is 12.7. The van der Waals surface area contributed by atoms with Crippen molar-refractivity contribution in [3.8, 4) is 0 Å². The van der Waals surface area contributed by atoms with Crippen molar-refractivity contribution in [1.29, 1.82) is 0 Å². The van der Waals surface area contributed by atoms with E-state index in [1.165, 1.54) is 6.26 Å². The Labute approximate surface area is 117 Å². The number of furan rings is 1. The smallest absolute Gasteiger partial charge is 0.449 e. The number of nitrogens with zero attached hydrogens (tertiary/aromatic N) is 2. The number of hydrogen-bond donors (Lipinski definition) is 1. The van der Waals surface area contributed by atoms with Crippen LogP contribution in [0.15, 0.2) is 27.6 Å². The fourth-order valence-corrected chi connectivity index (χ4v) is 2.39. The second-order valence-electron chi connectivity index (χ2n) is 4.88. The molecule has 0 saturated heterocycles. The molecule has 3 heterocycles. The molecule has 0 amide bonds. The van der Waals surface area contributed by atoms with Crippen LogP contribution in [0.2, 0.25) is 0 Å². The van der Waals surface area contributed by atoms with Gasteiger partial charge in [0, 0.05) is 18.7 Å². The Hall–Kier alpha value is -2.09. The van der Waals surface area contributed by atoms with Crippen LogP contribution >= 0.6 is 0 Å². The SMILES string of the molecule is O=c1[nH]c(C(F)(F)F)nc2c1CCN(Cc1ccco1)C2. The number of hydrogen-bond acceptors (Lipinski definition) is 4. The van der Waals surface area contributed by atoms with Gasteiger partial charge in [0.15, 0.2) is 0 Å². The second kappa shape index (κ2) is 5.03. The van der Waals surface area contributed by atoms with Crippen LogP contribution in [0.5, 0.6) is 0 Å². The van der Waals surface area contributed by atoms with Crippen LogP contribution < -0.4 is 5.56 Å². The third kappa shape index (κ3) is 2.85. The molecule has 0 aliphatic carbocycles. The Morgan fingerprint density at radius 3 is 2.90 bits per heavy atom. The van der Waals surface area contributed by atoms with E-state index < -0.39 is 17.6 Å². The lowest BCUT2D eigenvalue weighted by Gasteiger charge is -2.26. The first-order valence-corrected chi connectivity index (χ1v) is 6.37. The highest BCUT2D eigenvalue weighted by Crippen LogP contribution is 2.26. The minimum absolute atomic E-state index is 0.184. The van der Waals surface area contributed by atoms with Gasteiger partial charge in [-0.15, -0.1) is 0 Å². The molecule has 1 N–H and O–H groups in total. The molecule has 0 bridgehead atoms. The van der Waals surface area contributed by atoms with Gasteiger partial charge in [0.1, 0.15) is 5.76 Å². The first kappa shape index (κ1) is 13.9. The van der Waals surface area contributed by atoms with E-state index in [1.807, 2.05) is 9.88 Å². The fourth-order valence-electron chi connectivity index (χ4n) is 2.39. The number of alkyl halides is 3. The van der Waals surface area contributed by atoms with E-state index in [9.17, 15) is 18.0 Å². The van der Waals surface area contributed by atoms with Crippen molar-refractivity contribution >= 4 is 0 Å². The average molecular weight is 299 g/mol. The number of aromatic nitrogens is 2. The van der Waals surface area contributed by atoms with Crippen molar-refractivity contribution in [2.45, 2.75) is 25.7 Å². The molecule has 0 saturated carbocycles. The van der Waals surface area contributed by atoms with Crippen LogP contribution in [0.1, 0.15) is 22.8 Å². The summed E-state index contributed by atoms with van der Waals surface area (Å²) < 4.78 is 43.3. The minimum atomic E-state index is -4.66.